The zero-order chi connectivity index (χ0) is 13.2. The molecule has 108 valence electrons. The SMILES string of the molecule is CCCNC(CCCCCC1CCCO1)C(C)C. The summed E-state index contributed by atoms with van der Waals surface area (Å²) >= 11 is 0. The van der Waals surface area contributed by atoms with Crippen LogP contribution in [0, 0.1) is 5.92 Å². The van der Waals surface area contributed by atoms with Crippen molar-refractivity contribution >= 4 is 0 Å². The third kappa shape index (κ3) is 6.75. The predicted octanol–water partition coefficient (Wildman–Crippen LogP) is 4.14. The molecule has 0 radical (unpaired) electrons. The molecule has 1 N–H and O–H groups in total. The van der Waals surface area contributed by atoms with Gasteiger partial charge in [0.25, 0.3) is 0 Å². The minimum atomic E-state index is 0.587. The smallest absolute Gasteiger partial charge is 0.0576 e. The Morgan fingerprint density at radius 2 is 2.06 bits per heavy atom. The molecule has 1 fully saturated rings. The highest BCUT2D eigenvalue weighted by molar-refractivity contribution is 4.71. The van der Waals surface area contributed by atoms with Crippen molar-refractivity contribution in [2.75, 3.05) is 13.2 Å². The molecule has 1 aliphatic heterocycles. The molecule has 0 aliphatic carbocycles. The zero-order valence-corrected chi connectivity index (χ0v) is 12.7. The topological polar surface area (TPSA) is 21.3 Å². The quantitative estimate of drug-likeness (QED) is 0.592. The van der Waals surface area contributed by atoms with E-state index >= 15 is 0 Å². The van der Waals surface area contributed by atoms with Gasteiger partial charge in [-0.25, -0.2) is 0 Å². The number of hydrogen-bond acceptors (Lipinski definition) is 2. The van der Waals surface area contributed by atoms with Gasteiger partial charge in [-0.1, -0.05) is 40.0 Å². The van der Waals surface area contributed by atoms with Crippen molar-refractivity contribution in [3.05, 3.63) is 0 Å². The first kappa shape index (κ1) is 16.0. The predicted molar refractivity (Wildman–Crippen MR) is 79.0 cm³/mol. The number of hydrogen-bond donors (Lipinski definition) is 1. The lowest BCUT2D eigenvalue weighted by atomic mass is 9.97. The highest BCUT2D eigenvalue weighted by atomic mass is 16.5. The molecule has 0 aromatic carbocycles. The van der Waals surface area contributed by atoms with Crippen LogP contribution in [0.5, 0.6) is 0 Å². The second kappa shape index (κ2) is 9.80. The minimum Gasteiger partial charge on any atom is -0.378 e. The zero-order valence-electron chi connectivity index (χ0n) is 12.7. The molecule has 0 spiro atoms. The minimum absolute atomic E-state index is 0.587. The van der Waals surface area contributed by atoms with Gasteiger partial charge in [0.15, 0.2) is 0 Å². The van der Waals surface area contributed by atoms with Crippen LogP contribution >= 0.6 is 0 Å². The standard InChI is InChI=1S/C16H33NO/c1-4-12-17-16(14(2)3)11-7-5-6-9-15-10-8-13-18-15/h14-17H,4-13H2,1-3H3. The highest BCUT2D eigenvalue weighted by Gasteiger charge is 2.15. The first-order valence-electron chi connectivity index (χ1n) is 8.09. The molecular weight excluding hydrogens is 222 g/mol. The monoisotopic (exact) mass is 255 g/mol. The number of ether oxygens (including phenoxy) is 1. The molecule has 0 aromatic heterocycles. The van der Waals surface area contributed by atoms with Gasteiger partial charge in [-0.3, -0.25) is 0 Å². The molecule has 0 amide bonds. The average Bonchev–Trinajstić information content (AvgIpc) is 2.85. The fraction of sp³-hybridized carbons (Fsp3) is 1.00. The molecule has 1 heterocycles. The van der Waals surface area contributed by atoms with E-state index in [9.17, 15) is 0 Å². The summed E-state index contributed by atoms with van der Waals surface area (Å²) in [4.78, 5) is 0. The molecule has 2 unspecified atom stereocenters. The number of nitrogens with one attached hydrogen (secondary N) is 1. The molecule has 0 saturated carbocycles. The molecule has 1 saturated heterocycles. The van der Waals surface area contributed by atoms with E-state index in [-0.39, 0.29) is 0 Å². The summed E-state index contributed by atoms with van der Waals surface area (Å²) in [6.45, 7) is 9.07. The summed E-state index contributed by atoms with van der Waals surface area (Å²) in [5, 5.41) is 3.68. The van der Waals surface area contributed by atoms with E-state index in [1.54, 1.807) is 0 Å². The Morgan fingerprint density at radius 1 is 1.22 bits per heavy atom. The summed E-state index contributed by atoms with van der Waals surface area (Å²) in [5.74, 6) is 0.759. The lowest BCUT2D eigenvalue weighted by molar-refractivity contribution is 0.102. The Hall–Kier alpha value is -0.0800. The Morgan fingerprint density at radius 3 is 2.67 bits per heavy atom. The molecule has 0 bridgehead atoms. The molecule has 18 heavy (non-hydrogen) atoms. The molecular formula is C16H33NO. The van der Waals surface area contributed by atoms with E-state index < -0.39 is 0 Å². The Bertz CT molecular complexity index is 188. The van der Waals surface area contributed by atoms with Crippen molar-refractivity contribution in [3.8, 4) is 0 Å². The van der Waals surface area contributed by atoms with Crippen LogP contribution in [0.25, 0.3) is 0 Å². The van der Waals surface area contributed by atoms with Crippen LogP contribution in [-0.4, -0.2) is 25.3 Å². The molecule has 0 aromatic rings. The largest absolute Gasteiger partial charge is 0.378 e. The van der Waals surface area contributed by atoms with Gasteiger partial charge in [0.05, 0.1) is 6.10 Å². The highest BCUT2D eigenvalue weighted by Crippen LogP contribution is 2.19. The number of unbranched alkanes of at least 4 members (excludes halogenated alkanes) is 2. The Kier molecular flexibility index (Phi) is 8.70. The van der Waals surface area contributed by atoms with E-state index in [1.165, 1.54) is 57.9 Å². The van der Waals surface area contributed by atoms with Crippen molar-refractivity contribution in [3.63, 3.8) is 0 Å². The van der Waals surface area contributed by atoms with Gasteiger partial charge in [-0.15, -0.1) is 0 Å². The molecule has 2 heteroatoms. The lowest BCUT2D eigenvalue weighted by Gasteiger charge is -2.22. The van der Waals surface area contributed by atoms with Gasteiger partial charge in [-0.05, 0) is 44.6 Å². The van der Waals surface area contributed by atoms with Gasteiger partial charge < -0.3 is 10.1 Å². The summed E-state index contributed by atoms with van der Waals surface area (Å²) in [7, 11) is 0. The fourth-order valence-corrected chi connectivity index (χ4v) is 2.79. The summed E-state index contributed by atoms with van der Waals surface area (Å²) in [6.07, 6.45) is 11.1. The summed E-state index contributed by atoms with van der Waals surface area (Å²) < 4.78 is 5.66. The van der Waals surface area contributed by atoms with Gasteiger partial charge in [0.1, 0.15) is 0 Å². The normalized spacial score (nSPS) is 21.7. The third-order valence-corrected chi connectivity index (χ3v) is 4.03. The van der Waals surface area contributed by atoms with Crippen LogP contribution in [0.3, 0.4) is 0 Å². The molecule has 1 rings (SSSR count). The second-order valence-electron chi connectivity index (χ2n) is 6.08. The maximum absolute atomic E-state index is 5.66. The third-order valence-electron chi connectivity index (χ3n) is 4.03. The van der Waals surface area contributed by atoms with Gasteiger partial charge in [0.2, 0.25) is 0 Å². The maximum Gasteiger partial charge on any atom is 0.0576 e. The second-order valence-corrected chi connectivity index (χ2v) is 6.08. The maximum atomic E-state index is 5.66. The van der Waals surface area contributed by atoms with Crippen LogP contribution in [0.1, 0.15) is 72.1 Å². The summed E-state index contributed by atoms with van der Waals surface area (Å²) in [5.41, 5.74) is 0. The van der Waals surface area contributed by atoms with Crippen LogP contribution in [-0.2, 0) is 4.74 Å². The van der Waals surface area contributed by atoms with Gasteiger partial charge in [0, 0.05) is 12.6 Å². The summed E-state index contributed by atoms with van der Waals surface area (Å²) in [6, 6.07) is 0.715. The molecule has 2 nitrogen and oxygen atoms in total. The Balaban J connectivity index is 1.99. The average molecular weight is 255 g/mol. The molecule has 2 atom stereocenters. The van der Waals surface area contributed by atoms with E-state index in [2.05, 4.69) is 26.1 Å². The van der Waals surface area contributed by atoms with Crippen molar-refractivity contribution in [1.29, 1.82) is 0 Å². The Labute approximate surface area is 114 Å². The first-order chi connectivity index (χ1) is 8.74. The van der Waals surface area contributed by atoms with E-state index in [4.69, 9.17) is 4.74 Å². The fourth-order valence-electron chi connectivity index (χ4n) is 2.79. The number of rotatable bonds is 10. The van der Waals surface area contributed by atoms with Crippen LogP contribution in [0.15, 0.2) is 0 Å². The van der Waals surface area contributed by atoms with Crippen molar-refractivity contribution in [1.82, 2.24) is 5.32 Å². The van der Waals surface area contributed by atoms with E-state index in [0.717, 1.165) is 12.5 Å². The van der Waals surface area contributed by atoms with Crippen LogP contribution in [0.2, 0.25) is 0 Å². The van der Waals surface area contributed by atoms with Gasteiger partial charge >= 0.3 is 0 Å². The van der Waals surface area contributed by atoms with E-state index in [0.29, 0.717) is 12.1 Å². The lowest BCUT2D eigenvalue weighted by Crippen LogP contribution is -2.34. The first-order valence-corrected chi connectivity index (χ1v) is 8.09. The van der Waals surface area contributed by atoms with Gasteiger partial charge in [-0.2, -0.15) is 0 Å². The van der Waals surface area contributed by atoms with Crippen molar-refractivity contribution in [2.24, 2.45) is 5.92 Å². The molecule has 1 aliphatic rings. The van der Waals surface area contributed by atoms with Crippen molar-refractivity contribution in [2.45, 2.75) is 84.3 Å². The van der Waals surface area contributed by atoms with Crippen LogP contribution in [0.4, 0.5) is 0 Å². The van der Waals surface area contributed by atoms with Crippen molar-refractivity contribution < 1.29 is 4.74 Å². The van der Waals surface area contributed by atoms with Crippen LogP contribution < -0.4 is 5.32 Å². The van der Waals surface area contributed by atoms with E-state index in [1.807, 2.05) is 0 Å².